The molecule has 0 aliphatic rings. The van der Waals surface area contributed by atoms with Gasteiger partial charge in [-0.25, -0.2) is 18.4 Å². The number of sulfone groups is 1. The molecule has 0 spiro atoms. The first-order chi connectivity index (χ1) is 11.3. The molecule has 0 bridgehead atoms. The summed E-state index contributed by atoms with van der Waals surface area (Å²) in [4.78, 5) is 11.8. The van der Waals surface area contributed by atoms with Crippen LogP contribution in [0.4, 0.5) is 5.82 Å². The summed E-state index contributed by atoms with van der Waals surface area (Å²) in [5.74, 6) is 0.858. The average molecular weight is 344 g/mol. The topological polar surface area (TPSA) is 87.7 Å². The summed E-state index contributed by atoms with van der Waals surface area (Å²) in [6, 6.07) is 7.56. The van der Waals surface area contributed by atoms with Crippen LogP contribution >= 0.6 is 0 Å². The second kappa shape index (κ2) is 6.24. The fourth-order valence-electron chi connectivity index (χ4n) is 2.67. The lowest BCUT2D eigenvalue weighted by Crippen LogP contribution is -2.04. The molecule has 0 amide bonds. The lowest BCUT2D eigenvalue weighted by molar-refractivity contribution is 0.601. The van der Waals surface area contributed by atoms with Gasteiger partial charge in [-0.15, -0.1) is 0 Å². The van der Waals surface area contributed by atoms with Gasteiger partial charge in [0.15, 0.2) is 9.84 Å². The number of aromatic nitrogens is 3. The van der Waals surface area contributed by atoms with Gasteiger partial charge in [0.1, 0.15) is 17.8 Å². The normalized spacial score (nSPS) is 11.8. The highest BCUT2D eigenvalue weighted by Crippen LogP contribution is 2.25. The van der Waals surface area contributed by atoms with Crippen molar-refractivity contribution in [3.05, 3.63) is 53.0 Å². The van der Waals surface area contributed by atoms with Crippen LogP contribution in [0.25, 0.3) is 11.0 Å². The highest BCUT2D eigenvalue weighted by molar-refractivity contribution is 7.89. The van der Waals surface area contributed by atoms with Gasteiger partial charge in [0.05, 0.1) is 11.1 Å². The number of hydrogen-bond donors (Lipinski definition) is 2. The zero-order valence-corrected chi connectivity index (χ0v) is 14.7. The van der Waals surface area contributed by atoms with Gasteiger partial charge in [0.25, 0.3) is 0 Å². The first-order valence-corrected chi connectivity index (χ1v) is 9.69. The van der Waals surface area contributed by atoms with Crippen molar-refractivity contribution in [1.29, 1.82) is 0 Å². The molecule has 0 unspecified atom stereocenters. The zero-order chi connectivity index (χ0) is 17.3. The largest absolute Gasteiger partial charge is 0.365 e. The Morgan fingerprint density at radius 3 is 2.42 bits per heavy atom. The third-order valence-corrected chi connectivity index (χ3v) is 4.86. The maximum absolute atomic E-state index is 11.3. The monoisotopic (exact) mass is 344 g/mol. The van der Waals surface area contributed by atoms with Gasteiger partial charge >= 0.3 is 0 Å². The summed E-state index contributed by atoms with van der Waals surface area (Å²) in [5, 5.41) is 4.34. The molecule has 126 valence electrons. The molecule has 0 saturated carbocycles. The highest BCUT2D eigenvalue weighted by atomic mass is 32.2. The highest BCUT2D eigenvalue weighted by Gasteiger charge is 2.11. The van der Waals surface area contributed by atoms with E-state index in [0.29, 0.717) is 6.54 Å². The zero-order valence-electron chi connectivity index (χ0n) is 13.9. The van der Waals surface area contributed by atoms with Gasteiger partial charge in [-0.3, -0.25) is 0 Å². The van der Waals surface area contributed by atoms with Crippen LogP contribution in [0.1, 0.15) is 22.4 Å². The third kappa shape index (κ3) is 3.56. The Kier molecular flexibility index (Phi) is 4.28. The van der Waals surface area contributed by atoms with E-state index in [4.69, 9.17) is 0 Å². The number of H-pyrrole nitrogens is 1. The third-order valence-electron chi connectivity index (χ3n) is 4.00. The summed E-state index contributed by atoms with van der Waals surface area (Å²) >= 11 is 0. The molecule has 3 aromatic rings. The maximum Gasteiger partial charge on any atom is 0.151 e. The number of benzene rings is 1. The van der Waals surface area contributed by atoms with Crippen LogP contribution in [0.5, 0.6) is 0 Å². The first-order valence-electron chi connectivity index (χ1n) is 7.63. The van der Waals surface area contributed by atoms with Gasteiger partial charge < -0.3 is 10.3 Å². The van der Waals surface area contributed by atoms with Crippen LogP contribution in [0.2, 0.25) is 0 Å². The van der Waals surface area contributed by atoms with Crippen molar-refractivity contribution in [3.63, 3.8) is 0 Å². The molecule has 7 heteroatoms. The van der Waals surface area contributed by atoms with Gasteiger partial charge in [0.2, 0.25) is 0 Å². The Morgan fingerprint density at radius 1 is 1.08 bits per heavy atom. The molecule has 0 saturated heterocycles. The average Bonchev–Trinajstić information content (AvgIpc) is 2.80. The molecular formula is C17H20N4O2S. The second-order valence-electron chi connectivity index (χ2n) is 6.06. The van der Waals surface area contributed by atoms with Crippen LogP contribution < -0.4 is 5.32 Å². The number of nitrogens with zero attached hydrogens (tertiary/aromatic N) is 2. The van der Waals surface area contributed by atoms with Crippen molar-refractivity contribution >= 4 is 26.7 Å². The van der Waals surface area contributed by atoms with E-state index >= 15 is 0 Å². The first kappa shape index (κ1) is 16.4. The van der Waals surface area contributed by atoms with Crippen LogP contribution in [-0.2, 0) is 22.1 Å². The SMILES string of the molecule is Cc1[nH]c2ncnc(NCc3ccc(CS(C)(=O)=O)cc3)c2c1C. The number of aromatic amines is 1. The van der Waals surface area contributed by atoms with Crippen LogP contribution in [0.3, 0.4) is 0 Å². The summed E-state index contributed by atoms with van der Waals surface area (Å²) < 4.78 is 22.7. The maximum atomic E-state index is 11.3. The lowest BCUT2D eigenvalue weighted by atomic mass is 10.1. The van der Waals surface area contributed by atoms with Gasteiger partial charge in [-0.2, -0.15) is 0 Å². The minimum Gasteiger partial charge on any atom is -0.365 e. The second-order valence-corrected chi connectivity index (χ2v) is 8.20. The number of aryl methyl sites for hydroxylation is 2. The Balaban J connectivity index is 1.77. The van der Waals surface area contributed by atoms with Crippen LogP contribution in [-0.4, -0.2) is 29.6 Å². The van der Waals surface area contributed by atoms with E-state index in [9.17, 15) is 8.42 Å². The fourth-order valence-corrected chi connectivity index (χ4v) is 3.47. The van der Waals surface area contributed by atoms with E-state index < -0.39 is 9.84 Å². The van der Waals surface area contributed by atoms with Crippen molar-refractivity contribution in [1.82, 2.24) is 15.0 Å². The summed E-state index contributed by atoms with van der Waals surface area (Å²) in [7, 11) is -3.01. The van der Waals surface area contributed by atoms with Crippen LogP contribution in [0, 0.1) is 13.8 Å². The predicted octanol–water partition coefficient (Wildman–Crippen LogP) is 2.73. The Hall–Kier alpha value is -2.41. The van der Waals surface area contributed by atoms with E-state index in [1.807, 2.05) is 38.1 Å². The summed E-state index contributed by atoms with van der Waals surface area (Å²) in [6.45, 7) is 4.67. The van der Waals surface area contributed by atoms with Crippen molar-refractivity contribution in [2.75, 3.05) is 11.6 Å². The molecule has 24 heavy (non-hydrogen) atoms. The molecule has 3 rings (SSSR count). The standard InChI is InChI=1S/C17H20N4O2S/c1-11-12(2)21-17-15(11)16(19-10-20-17)18-8-13-4-6-14(7-5-13)9-24(3,22)23/h4-7,10H,8-9H2,1-3H3,(H2,18,19,20,21). The molecule has 0 radical (unpaired) electrons. The summed E-state index contributed by atoms with van der Waals surface area (Å²) in [6.07, 6.45) is 2.78. The van der Waals surface area contributed by atoms with Crippen molar-refractivity contribution in [2.24, 2.45) is 0 Å². The van der Waals surface area contributed by atoms with E-state index in [1.165, 1.54) is 12.6 Å². The van der Waals surface area contributed by atoms with Crippen molar-refractivity contribution < 1.29 is 8.42 Å². The molecule has 1 aromatic carbocycles. The lowest BCUT2D eigenvalue weighted by Gasteiger charge is -2.08. The van der Waals surface area contributed by atoms with E-state index in [-0.39, 0.29) is 5.75 Å². The van der Waals surface area contributed by atoms with E-state index in [0.717, 1.165) is 39.2 Å². The van der Waals surface area contributed by atoms with Crippen molar-refractivity contribution in [2.45, 2.75) is 26.1 Å². The Bertz CT molecular complexity index is 976. The molecule has 2 aromatic heterocycles. The molecule has 6 nitrogen and oxygen atoms in total. The number of rotatable bonds is 5. The van der Waals surface area contributed by atoms with E-state index in [1.54, 1.807) is 0 Å². The molecular weight excluding hydrogens is 324 g/mol. The van der Waals surface area contributed by atoms with Crippen LogP contribution in [0.15, 0.2) is 30.6 Å². The van der Waals surface area contributed by atoms with Gasteiger partial charge in [-0.05, 0) is 30.5 Å². The van der Waals surface area contributed by atoms with E-state index in [2.05, 4.69) is 20.3 Å². The predicted molar refractivity (Wildman–Crippen MR) is 95.7 cm³/mol. The molecule has 0 aliphatic heterocycles. The minimum atomic E-state index is -3.01. The molecule has 2 N–H and O–H groups in total. The molecule has 0 aliphatic carbocycles. The number of anilines is 1. The Labute approximate surface area is 141 Å². The van der Waals surface area contributed by atoms with Crippen molar-refractivity contribution in [3.8, 4) is 0 Å². The molecule has 0 fully saturated rings. The fraction of sp³-hybridized carbons (Fsp3) is 0.294. The van der Waals surface area contributed by atoms with Gasteiger partial charge in [-0.1, -0.05) is 24.3 Å². The van der Waals surface area contributed by atoms with Gasteiger partial charge in [0, 0.05) is 18.5 Å². The number of hydrogen-bond acceptors (Lipinski definition) is 5. The quantitative estimate of drug-likeness (QED) is 0.743. The Morgan fingerprint density at radius 2 is 1.75 bits per heavy atom. The number of fused-ring (bicyclic) bond motifs is 1. The molecule has 0 atom stereocenters. The summed E-state index contributed by atoms with van der Waals surface area (Å²) in [5.41, 5.74) is 4.90. The minimum absolute atomic E-state index is 0.0645. The number of nitrogens with one attached hydrogen (secondary N) is 2. The smallest absolute Gasteiger partial charge is 0.151 e. The molecule has 2 heterocycles.